The maximum absolute atomic E-state index is 12.6. The molecule has 92 valence electrons. The van der Waals surface area contributed by atoms with Gasteiger partial charge in [0.15, 0.2) is 0 Å². The molecule has 0 bridgehead atoms. The number of fused-ring (bicyclic) bond motifs is 1. The highest BCUT2D eigenvalue weighted by atomic mass is 16.2. The van der Waals surface area contributed by atoms with Crippen molar-refractivity contribution < 1.29 is 4.79 Å². The van der Waals surface area contributed by atoms with E-state index >= 15 is 0 Å². The standard InChI is InChI=1S/C15H16N2O/c1-11-10-12-6-3-4-7-13(12)17(11)15(18)14-8-5-9-16(14)2/h3-9,11H,10H2,1-2H3/t11-/m0/s1. The second-order valence-electron chi connectivity index (χ2n) is 4.86. The number of carbonyl (C=O) groups is 1. The number of hydrogen-bond donors (Lipinski definition) is 0. The number of rotatable bonds is 1. The molecule has 1 aliphatic heterocycles. The Morgan fingerprint density at radius 2 is 2.00 bits per heavy atom. The predicted octanol–water partition coefficient (Wildman–Crippen LogP) is 2.62. The quantitative estimate of drug-likeness (QED) is 0.752. The Balaban J connectivity index is 2.03. The topological polar surface area (TPSA) is 25.2 Å². The van der Waals surface area contributed by atoms with Gasteiger partial charge in [-0.05, 0) is 37.1 Å². The molecule has 18 heavy (non-hydrogen) atoms. The maximum atomic E-state index is 12.6. The van der Waals surface area contributed by atoms with E-state index in [1.54, 1.807) is 0 Å². The molecule has 1 atom stereocenters. The van der Waals surface area contributed by atoms with Gasteiger partial charge in [0.25, 0.3) is 5.91 Å². The van der Waals surface area contributed by atoms with Crippen LogP contribution in [0.3, 0.4) is 0 Å². The van der Waals surface area contributed by atoms with E-state index in [2.05, 4.69) is 13.0 Å². The van der Waals surface area contributed by atoms with Crippen molar-refractivity contribution in [1.82, 2.24) is 4.57 Å². The second kappa shape index (κ2) is 4.02. The van der Waals surface area contributed by atoms with Gasteiger partial charge in [-0.15, -0.1) is 0 Å². The average Bonchev–Trinajstić information content (AvgIpc) is 2.91. The Morgan fingerprint density at radius 1 is 1.22 bits per heavy atom. The monoisotopic (exact) mass is 240 g/mol. The first-order chi connectivity index (χ1) is 8.68. The molecule has 1 aromatic heterocycles. The predicted molar refractivity (Wildman–Crippen MR) is 71.8 cm³/mol. The van der Waals surface area contributed by atoms with E-state index in [4.69, 9.17) is 0 Å². The molecule has 2 aromatic rings. The van der Waals surface area contributed by atoms with Gasteiger partial charge in [0.2, 0.25) is 0 Å². The summed E-state index contributed by atoms with van der Waals surface area (Å²) in [6.45, 7) is 2.10. The number of para-hydroxylation sites is 1. The lowest BCUT2D eigenvalue weighted by molar-refractivity contribution is 0.0973. The molecule has 1 aromatic carbocycles. The van der Waals surface area contributed by atoms with Gasteiger partial charge in [-0.3, -0.25) is 4.79 Å². The molecule has 1 aliphatic rings. The molecule has 2 heterocycles. The zero-order valence-electron chi connectivity index (χ0n) is 10.6. The minimum Gasteiger partial charge on any atom is -0.347 e. The highest BCUT2D eigenvalue weighted by molar-refractivity contribution is 6.06. The molecule has 0 spiro atoms. The van der Waals surface area contributed by atoms with Crippen LogP contribution in [0.5, 0.6) is 0 Å². The van der Waals surface area contributed by atoms with Crippen LogP contribution in [0.25, 0.3) is 0 Å². The Bertz CT molecular complexity index is 600. The summed E-state index contributed by atoms with van der Waals surface area (Å²) in [6, 6.07) is 12.1. The zero-order chi connectivity index (χ0) is 12.7. The summed E-state index contributed by atoms with van der Waals surface area (Å²) in [7, 11) is 1.90. The van der Waals surface area contributed by atoms with Gasteiger partial charge < -0.3 is 9.47 Å². The fraction of sp³-hybridized carbons (Fsp3) is 0.267. The summed E-state index contributed by atoms with van der Waals surface area (Å²) in [5.74, 6) is 0.0833. The molecule has 0 saturated carbocycles. The van der Waals surface area contributed by atoms with E-state index in [0.717, 1.165) is 17.8 Å². The van der Waals surface area contributed by atoms with Crippen LogP contribution in [0.1, 0.15) is 23.0 Å². The normalized spacial score (nSPS) is 17.9. The lowest BCUT2D eigenvalue weighted by Gasteiger charge is -2.22. The van der Waals surface area contributed by atoms with Gasteiger partial charge in [-0.1, -0.05) is 18.2 Å². The maximum Gasteiger partial charge on any atom is 0.275 e. The summed E-state index contributed by atoms with van der Waals surface area (Å²) >= 11 is 0. The molecular weight excluding hydrogens is 224 g/mol. The minimum absolute atomic E-state index is 0.0833. The highest BCUT2D eigenvalue weighted by Crippen LogP contribution is 2.32. The van der Waals surface area contributed by atoms with E-state index in [0.29, 0.717) is 0 Å². The van der Waals surface area contributed by atoms with E-state index in [1.165, 1.54) is 5.56 Å². The summed E-state index contributed by atoms with van der Waals surface area (Å²) in [6.07, 6.45) is 2.84. The van der Waals surface area contributed by atoms with Gasteiger partial charge in [0.05, 0.1) is 0 Å². The summed E-state index contributed by atoms with van der Waals surface area (Å²) in [4.78, 5) is 14.5. The summed E-state index contributed by atoms with van der Waals surface area (Å²) < 4.78 is 1.87. The van der Waals surface area contributed by atoms with E-state index < -0.39 is 0 Å². The van der Waals surface area contributed by atoms with Crippen LogP contribution in [0.15, 0.2) is 42.6 Å². The van der Waals surface area contributed by atoms with Crippen molar-refractivity contribution in [2.24, 2.45) is 7.05 Å². The van der Waals surface area contributed by atoms with Gasteiger partial charge in [-0.25, -0.2) is 0 Å². The Morgan fingerprint density at radius 3 is 2.72 bits per heavy atom. The number of benzene rings is 1. The van der Waals surface area contributed by atoms with E-state index in [9.17, 15) is 4.79 Å². The zero-order valence-corrected chi connectivity index (χ0v) is 10.6. The Kier molecular flexibility index (Phi) is 2.47. The third-order valence-electron chi connectivity index (χ3n) is 3.59. The number of anilines is 1. The van der Waals surface area contributed by atoms with E-state index in [-0.39, 0.29) is 11.9 Å². The van der Waals surface area contributed by atoms with Crippen molar-refractivity contribution in [3.8, 4) is 0 Å². The van der Waals surface area contributed by atoms with Crippen LogP contribution >= 0.6 is 0 Å². The molecular formula is C15H16N2O. The number of amides is 1. The number of hydrogen-bond acceptors (Lipinski definition) is 1. The van der Waals surface area contributed by atoms with Gasteiger partial charge in [0, 0.05) is 25.0 Å². The number of aromatic nitrogens is 1. The fourth-order valence-electron chi connectivity index (χ4n) is 2.68. The SMILES string of the molecule is C[C@H]1Cc2ccccc2N1C(=O)c1cccn1C. The Labute approximate surface area is 107 Å². The van der Waals surface area contributed by atoms with Crippen molar-refractivity contribution in [1.29, 1.82) is 0 Å². The molecule has 0 unspecified atom stereocenters. The Hall–Kier alpha value is -2.03. The van der Waals surface area contributed by atoms with Crippen molar-refractivity contribution in [2.75, 3.05) is 4.90 Å². The van der Waals surface area contributed by atoms with Crippen LogP contribution in [-0.2, 0) is 13.5 Å². The fourth-order valence-corrected chi connectivity index (χ4v) is 2.68. The van der Waals surface area contributed by atoms with Crippen molar-refractivity contribution in [3.05, 3.63) is 53.9 Å². The molecule has 0 N–H and O–H groups in total. The van der Waals surface area contributed by atoms with Gasteiger partial charge >= 0.3 is 0 Å². The molecule has 3 heteroatoms. The van der Waals surface area contributed by atoms with Crippen LogP contribution < -0.4 is 4.90 Å². The molecule has 0 fully saturated rings. The molecule has 1 amide bonds. The van der Waals surface area contributed by atoms with Crippen LogP contribution in [0, 0.1) is 0 Å². The van der Waals surface area contributed by atoms with Crippen LogP contribution in [0.2, 0.25) is 0 Å². The molecule has 0 saturated heterocycles. The lowest BCUT2D eigenvalue weighted by atomic mass is 10.1. The molecule has 0 aliphatic carbocycles. The molecule has 3 rings (SSSR count). The second-order valence-corrected chi connectivity index (χ2v) is 4.86. The lowest BCUT2D eigenvalue weighted by Crippen LogP contribution is -2.36. The molecule has 0 radical (unpaired) electrons. The van der Waals surface area contributed by atoms with Crippen molar-refractivity contribution in [3.63, 3.8) is 0 Å². The third-order valence-corrected chi connectivity index (χ3v) is 3.59. The highest BCUT2D eigenvalue weighted by Gasteiger charge is 2.31. The van der Waals surface area contributed by atoms with E-state index in [1.807, 2.05) is 53.0 Å². The van der Waals surface area contributed by atoms with Crippen LogP contribution in [0.4, 0.5) is 5.69 Å². The first kappa shape index (κ1) is 11.1. The van der Waals surface area contributed by atoms with Crippen LogP contribution in [-0.4, -0.2) is 16.5 Å². The van der Waals surface area contributed by atoms with Crippen molar-refractivity contribution in [2.45, 2.75) is 19.4 Å². The minimum atomic E-state index is 0.0833. The molecule has 3 nitrogen and oxygen atoms in total. The van der Waals surface area contributed by atoms with Gasteiger partial charge in [-0.2, -0.15) is 0 Å². The first-order valence-corrected chi connectivity index (χ1v) is 6.21. The number of carbonyl (C=O) groups excluding carboxylic acids is 1. The third kappa shape index (κ3) is 1.55. The summed E-state index contributed by atoms with van der Waals surface area (Å²) in [5.41, 5.74) is 3.04. The largest absolute Gasteiger partial charge is 0.347 e. The first-order valence-electron chi connectivity index (χ1n) is 6.21. The van der Waals surface area contributed by atoms with Gasteiger partial charge in [0.1, 0.15) is 5.69 Å². The summed E-state index contributed by atoms with van der Waals surface area (Å²) in [5, 5.41) is 0. The number of aryl methyl sites for hydroxylation is 1. The average molecular weight is 240 g/mol. The number of nitrogens with zero attached hydrogens (tertiary/aromatic N) is 2. The van der Waals surface area contributed by atoms with Crippen molar-refractivity contribution >= 4 is 11.6 Å². The smallest absolute Gasteiger partial charge is 0.275 e.